The summed E-state index contributed by atoms with van der Waals surface area (Å²) in [5.41, 5.74) is 3.77. The summed E-state index contributed by atoms with van der Waals surface area (Å²) in [6.07, 6.45) is 0. The summed E-state index contributed by atoms with van der Waals surface area (Å²) in [4.78, 5) is 14.2. The molecule has 102 valence electrons. The molecular formula is C16H13BrFNO. The molecule has 2 nitrogen and oxygen atoms in total. The first-order valence-corrected chi connectivity index (χ1v) is 7.16. The number of amides is 1. The lowest BCUT2D eigenvalue weighted by atomic mass is 10.0. The van der Waals surface area contributed by atoms with Crippen molar-refractivity contribution >= 4 is 21.8 Å². The normalized spacial score (nSPS) is 13.8. The summed E-state index contributed by atoms with van der Waals surface area (Å²) in [5.74, 6) is -0.209. The van der Waals surface area contributed by atoms with Crippen molar-refractivity contribution in [2.45, 2.75) is 20.0 Å². The van der Waals surface area contributed by atoms with Gasteiger partial charge in [-0.25, -0.2) is 4.39 Å². The Balaban J connectivity index is 1.87. The number of hydrogen-bond acceptors (Lipinski definition) is 1. The van der Waals surface area contributed by atoms with Crippen LogP contribution in [-0.2, 0) is 13.1 Å². The molecule has 4 heteroatoms. The number of hydrogen-bond donors (Lipinski definition) is 0. The van der Waals surface area contributed by atoms with E-state index < -0.39 is 0 Å². The molecule has 0 aromatic heterocycles. The first-order valence-electron chi connectivity index (χ1n) is 6.37. The molecule has 0 N–H and O–H groups in total. The van der Waals surface area contributed by atoms with Crippen LogP contribution in [0.4, 0.5) is 4.39 Å². The third kappa shape index (κ3) is 2.36. The van der Waals surface area contributed by atoms with E-state index >= 15 is 0 Å². The molecule has 0 bridgehead atoms. The molecule has 0 radical (unpaired) electrons. The first-order chi connectivity index (χ1) is 9.54. The van der Waals surface area contributed by atoms with Gasteiger partial charge >= 0.3 is 0 Å². The maximum atomic E-state index is 12.9. The van der Waals surface area contributed by atoms with E-state index in [1.807, 2.05) is 19.1 Å². The Morgan fingerprint density at radius 1 is 1.25 bits per heavy atom. The van der Waals surface area contributed by atoms with Gasteiger partial charge in [0.1, 0.15) is 5.82 Å². The SMILES string of the molecule is Cc1cc(Br)cc2c1C(=O)N(Cc1ccc(F)cc1)C2. The second-order valence-electron chi connectivity index (χ2n) is 5.04. The van der Waals surface area contributed by atoms with Gasteiger partial charge in [0, 0.05) is 23.1 Å². The highest BCUT2D eigenvalue weighted by Gasteiger charge is 2.29. The highest BCUT2D eigenvalue weighted by molar-refractivity contribution is 9.10. The topological polar surface area (TPSA) is 20.3 Å². The Labute approximate surface area is 125 Å². The van der Waals surface area contributed by atoms with E-state index in [1.54, 1.807) is 17.0 Å². The number of aryl methyl sites for hydroxylation is 1. The number of benzene rings is 2. The molecule has 0 saturated carbocycles. The van der Waals surface area contributed by atoms with E-state index in [0.29, 0.717) is 13.1 Å². The van der Waals surface area contributed by atoms with E-state index in [-0.39, 0.29) is 11.7 Å². The number of halogens is 2. The summed E-state index contributed by atoms with van der Waals surface area (Å²) < 4.78 is 13.9. The van der Waals surface area contributed by atoms with E-state index in [1.165, 1.54) is 12.1 Å². The van der Waals surface area contributed by atoms with Crippen molar-refractivity contribution < 1.29 is 9.18 Å². The monoisotopic (exact) mass is 333 g/mol. The van der Waals surface area contributed by atoms with Crippen LogP contribution in [0.2, 0.25) is 0 Å². The van der Waals surface area contributed by atoms with Crippen LogP contribution < -0.4 is 0 Å². The van der Waals surface area contributed by atoms with Gasteiger partial charge in [-0.05, 0) is 47.9 Å². The summed E-state index contributed by atoms with van der Waals surface area (Å²) in [6.45, 7) is 3.06. The maximum absolute atomic E-state index is 12.9. The lowest BCUT2D eigenvalue weighted by Gasteiger charge is -2.15. The average Bonchev–Trinajstić information content (AvgIpc) is 2.69. The highest BCUT2D eigenvalue weighted by Crippen LogP contribution is 2.30. The van der Waals surface area contributed by atoms with E-state index in [9.17, 15) is 9.18 Å². The van der Waals surface area contributed by atoms with Crippen molar-refractivity contribution in [3.8, 4) is 0 Å². The van der Waals surface area contributed by atoms with Crippen molar-refractivity contribution in [2.24, 2.45) is 0 Å². The molecule has 1 heterocycles. The summed E-state index contributed by atoms with van der Waals surface area (Å²) in [6, 6.07) is 10.2. The number of fused-ring (bicyclic) bond motifs is 1. The molecular weight excluding hydrogens is 321 g/mol. The molecule has 0 aliphatic carbocycles. The molecule has 20 heavy (non-hydrogen) atoms. The minimum Gasteiger partial charge on any atom is -0.330 e. The smallest absolute Gasteiger partial charge is 0.255 e. The molecule has 1 aliphatic rings. The number of carbonyl (C=O) groups is 1. The second kappa shape index (κ2) is 5.02. The van der Waals surface area contributed by atoms with Crippen LogP contribution in [0.15, 0.2) is 40.9 Å². The fourth-order valence-electron chi connectivity index (χ4n) is 2.62. The second-order valence-corrected chi connectivity index (χ2v) is 5.96. The van der Waals surface area contributed by atoms with Gasteiger partial charge in [0.05, 0.1) is 0 Å². The third-order valence-electron chi connectivity index (χ3n) is 3.53. The zero-order valence-electron chi connectivity index (χ0n) is 11.0. The maximum Gasteiger partial charge on any atom is 0.255 e. The van der Waals surface area contributed by atoms with Crippen LogP contribution in [-0.4, -0.2) is 10.8 Å². The van der Waals surface area contributed by atoms with Crippen molar-refractivity contribution in [1.82, 2.24) is 4.90 Å². The van der Waals surface area contributed by atoms with Gasteiger partial charge in [-0.15, -0.1) is 0 Å². The Kier molecular flexibility index (Phi) is 3.34. The quantitative estimate of drug-likeness (QED) is 0.811. The Hall–Kier alpha value is -1.68. The molecule has 3 rings (SSSR count). The molecule has 0 spiro atoms. The molecule has 0 atom stereocenters. The van der Waals surface area contributed by atoms with Crippen molar-refractivity contribution in [3.63, 3.8) is 0 Å². The van der Waals surface area contributed by atoms with Gasteiger partial charge in [-0.2, -0.15) is 0 Å². The number of rotatable bonds is 2. The molecule has 2 aromatic carbocycles. The molecule has 2 aromatic rings. The first kappa shape index (κ1) is 13.3. The van der Waals surface area contributed by atoms with E-state index in [4.69, 9.17) is 0 Å². The van der Waals surface area contributed by atoms with Crippen molar-refractivity contribution in [2.75, 3.05) is 0 Å². The predicted molar refractivity (Wildman–Crippen MR) is 78.9 cm³/mol. The van der Waals surface area contributed by atoms with Crippen LogP contribution in [0.1, 0.15) is 27.0 Å². The third-order valence-corrected chi connectivity index (χ3v) is 3.99. The van der Waals surface area contributed by atoms with Crippen molar-refractivity contribution in [3.05, 3.63) is 68.9 Å². The number of nitrogens with zero attached hydrogens (tertiary/aromatic N) is 1. The van der Waals surface area contributed by atoms with Gasteiger partial charge in [0.25, 0.3) is 5.91 Å². The fraction of sp³-hybridized carbons (Fsp3) is 0.188. The van der Waals surface area contributed by atoms with Gasteiger partial charge in [0.15, 0.2) is 0 Å². The van der Waals surface area contributed by atoms with Crippen LogP contribution >= 0.6 is 15.9 Å². The standard InChI is InChI=1S/C16H13BrFNO/c1-10-6-13(17)7-12-9-19(16(20)15(10)12)8-11-2-4-14(18)5-3-11/h2-7H,8-9H2,1H3. The zero-order chi connectivity index (χ0) is 14.3. The van der Waals surface area contributed by atoms with Gasteiger partial charge in [-0.3, -0.25) is 4.79 Å². The molecule has 1 amide bonds. The molecule has 0 fully saturated rings. The van der Waals surface area contributed by atoms with Crippen LogP contribution in [0.5, 0.6) is 0 Å². The van der Waals surface area contributed by atoms with Gasteiger partial charge < -0.3 is 4.90 Å². The summed E-state index contributed by atoms with van der Waals surface area (Å²) >= 11 is 3.46. The largest absolute Gasteiger partial charge is 0.330 e. The highest BCUT2D eigenvalue weighted by atomic mass is 79.9. The van der Waals surface area contributed by atoms with E-state index in [0.717, 1.165) is 26.7 Å². The summed E-state index contributed by atoms with van der Waals surface area (Å²) in [7, 11) is 0. The average molecular weight is 334 g/mol. The Morgan fingerprint density at radius 3 is 2.65 bits per heavy atom. The van der Waals surface area contributed by atoms with Gasteiger partial charge in [0.2, 0.25) is 0 Å². The fourth-order valence-corrected chi connectivity index (χ4v) is 3.24. The molecule has 1 aliphatic heterocycles. The summed E-state index contributed by atoms with van der Waals surface area (Å²) in [5, 5.41) is 0. The number of carbonyl (C=O) groups excluding carboxylic acids is 1. The Bertz CT molecular complexity index is 682. The zero-order valence-corrected chi connectivity index (χ0v) is 12.6. The lowest BCUT2D eigenvalue weighted by Crippen LogP contribution is -2.23. The minimum absolute atomic E-state index is 0.0503. The van der Waals surface area contributed by atoms with Crippen LogP contribution in [0.3, 0.4) is 0 Å². The van der Waals surface area contributed by atoms with Crippen molar-refractivity contribution in [1.29, 1.82) is 0 Å². The van der Waals surface area contributed by atoms with E-state index in [2.05, 4.69) is 15.9 Å². The predicted octanol–water partition coefficient (Wildman–Crippen LogP) is 4.05. The lowest BCUT2D eigenvalue weighted by molar-refractivity contribution is 0.0766. The van der Waals surface area contributed by atoms with Gasteiger partial charge in [-0.1, -0.05) is 28.1 Å². The van der Waals surface area contributed by atoms with Crippen LogP contribution in [0.25, 0.3) is 0 Å². The Morgan fingerprint density at radius 2 is 1.95 bits per heavy atom. The minimum atomic E-state index is -0.260. The molecule has 0 unspecified atom stereocenters. The molecule has 0 saturated heterocycles. The van der Waals surface area contributed by atoms with Crippen LogP contribution in [0, 0.1) is 12.7 Å².